The fourth-order valence-corrected chi connectivity index (χ4v) is 2.51. The third-order valence-corrected chi connectivity index (χ3v) is 3.59. The summed E-state index contributed by atoms with van der Waals surface area (Å²) < 4.78 is 10.6. The molecule has 6 heteroatoms. The third-order valence-electron chi connectivity index (χ3n) is 3.59. The first-order valence-corrected chi connectivity index (χ1v) is 7.11. The number of nitro benzene ring substituents is 1. The molecular weight excluding hydrogens is 274 g/mol. The first-order valence-electron chi connectivity index (χ1n) is 7.11. The van der Waals surface area contributed by atoms with Crippen LogP contribution < -0.4 is 4.74 Å². The summed E-state index contributed by atoms with van der Waals surface area (Å²) in [5, 5.41) is 10.5. The summed E-state index contributed by atoms with van der Waals surface area (Å²) >= 11 is 0. The topological polar surface area (TPSA) is 78.7 Å². The summed E-state index contributed by atoms with van der Waals surface area (Å²) in [5.74, 6) is 0.606. The molecule has 1 aromatic carbocycles. The molecule has 0 N–H and O–H groups in total. The predicted molar refractivity (Wildman–Crippen MR) is 76.1 cm³/mol. The maximum Gasteiger partial charge on any atom is 0.344 e. The first-order chi connectivity index (χ1) is 10.0. The Morgan fingerprint density at radius 3 is 2.67 bits per heavy atom. The van der Waals surface area contributed by atoms with Crippen LogP contribution in [-0.4, -0.2) is 23.6 Å². The molecule has 0 bridgehead atoms. The Hall–Kier alpha value is -2.11. The fourth-order valence-electron chi connectivity index (χ4n) is 2.51. The number of ether oxygens (including phenoxy) is 2. The van der Waals surface area contributed by atoms with Crippen LogP contribution in [-0.2, 0) is 9.53 Å². The molecule has 6 nitrogen and oxygen atoms in total. The number of carbonyl (C=O) groups is 1. The minimum Gasteiger partial charge on any atom is -0.482 e. The molecule has 0 aliphatic heterocycles. The second kappa shape index (κ2) is 7.06. The van der Waals surface area contributed by atoms with Gasteiger partial charge in [-0.25, -0.2) is 4.79 Å². The second-order valence-corrected chi connectivity index (χ2v) is 5.42. The minimum absolute atomic E-state index is 0.0123. The molecule has 0 saturated heterocycles. The lowest BCUT2D eigenvalue weighted by atomic mass is 9.89. The minimum atomic E-state index is -0.484. The molecular formula is C15H19NO5. The van der Waals surface area contributed by atoms with E-state index < -0.39 is 10.9 Å². The molecule has 114 valence electrons. The number of nitro groups is 1. The SMILES string of the molecule is CC1CCCC(OC(=O)COc2ccc([N+](=O)[O-])cc2)C1. The highest BCUT2D eigenvalue weighted by Crippen LogP contribution is 2.25. The molecule has 0 aromatic heterocycles. The van der Waals surface area contributed by atoms with E-state index in [0.717, 1.165) is 19.3 Å². The van der Waals surface area contributed by atoms with Crippen molar-refractivity contribution in [3.05, 3.63) is 34.4 Å². The van der Waals surface area contributed by atoms with Crippen molar-refractivity contribution in [3.8, 4) is 5.75 Å². The molecule has 1 fully saturated rings. The Balaban J connectivity index is 1.76. The van der Waals surface area contributed by atoms with E-state index in [0.29, 0.717) is 11.7 Å². The highest BCUT2D eigenvalue weighted by molar-refractivity contribution is 5.71. The van der Waals surface area contributed by atoms with Gasteiger partial charge in [-0.2, -0.15) is 0 Å². The molecule has 1 aliphatic carbocycles. The molecule has 0 radical (unpaired) electrons. The monoisotopic (exact) mass is 293 g/mol. The van der Waals surface area contributed by atoms with Gasteiger partial charge in [-0.1, -0.05) is 13.3 Å². The van der Waals surface area contributed by atoms with Gasteiger partial charge in [-0.15, -0.1) is 0 Å². The summed E-state index contributed by atoms with van der Waals surface area (Å²) in [6.07, 6.45) is 4.08. The van der Waals surface area contributed by atoms with Crippen LogP contribution in [0, 0.1) is 16.0 Å². The van der Waals surface area contributed by atoms with Crippen LogP contribution in [0.15, 0.2) is 24.3 Å². The molecule has 0 amide bonds. The van der Waals surface area contributed by atoms with Crippen molar-refractivity contribution in [2.24, 2.45) is 5.92 Å². The van der Waals surface area contributed by atoms with Crippen molar-refractivity contribution in [3.63, 3.8) is 0 Å². The lowest BCUT2D eigenvalue weighted by Gasteiger charge is -2.26. The van der Waals surface area contributed by atoms with E-state index in [1.807, 2.05) is 0 Å². The van der Waals surface area contributed by atoms with Crippen molar-refractivity contribution in [2.75, 3.05) is 6.61 Å². The number of non-ortho nitro benzene ring substituents is 1. The normalized spacial score (nSPS) is 21.6. The number of benzene rings is 1. The lowest BCUT2D eigenvalue weighted by Crippen LogP contribution is -2.27. The average Bonchev–Trinajstić information content (AvgIpc) is 2.45. The van der Waals surface area contributed by atoms with Gasteiger partial charge in [0.1, 0.15) is 11.9 Å². The molecule has 1 aromatic rings. The number of nitrogens with zero attached hydrogens (tertiary/aromatic N) is 1. The Morgan fingerprint density at radius 1 is 1.33 bits per heavy atom. The van der Waals surface area contributed by atoms with Gasteiger partial charge >= 0.3 is 5.97 Å². The predicted octanol–water partition coefficient (Wildman–Crippen LogP) is 3.10. The van der Waals surface area contributed by atoms with Crippen LogP contribution in [0.5, 0.6) is 5.75 Å². The maximum atomic E-state index is 11.7. The van der Waals surface area contributed by atoms with Gasteiger partial charge in [0, 0.05) is 12.1 Å². The third kappa shape index (κ3) is 4.73. The molecule has 1 saturated carbocycles. The highest BCUT2D eigenvalue weighted by Gasteiger charge is 2.22. The Morgan fingerprint density at radius 2 is 2.05 bits per heavy atom. The van der Waals surface area contributed by atoms with E-state index in [1.165, 1.54) is 30.7 Å². The van der Waals surface area contributed by atoms with Gasteiger partial charge in [0.15, 0.2) is 6.61 Å². The van der Waals surface area contributed by atoms with Crippen LogP contribution >= 0.6 is 0 Å². The van der Waals surface area contributed by atoms with Crippen LogP contribution in [0.4, 0.5) is 5.69 Å². The summed E-state index contributed by atoms with van der Waals surface area (Å²) in [4.78, 5) is 21.7. The van der Waals surface area contributed by atoms with Crippen molar-refractivity contribution in [2.45, 2.75) is 38.7 Å². The van der Waals surface area contributed by atoms with E-state index in [-0.39, 0.29) is 18.4 Å². The number of esters is 1. The van der Waals surface area contributed by atoms with Crippen LogP contribution in [0.1, 0.15) is 32.6 Å². The van der Waals surface area contributed by atoms with Gasteiger partial charge in [0.2, 0.25) is 0 Å². The summed E-state index contributed by atoms with van der Waals surface area (Å²) in [6.45, 7) is 1.98. The zero-order chi connectivity index (χ0) is 15.2. The number of carbonyl (C=O) groups excluding carboxylic acids is 1. The van der Waals surface area contributed by atoms with E-state index in [2.05, 4.69) is 6.92 Å². The Labute approximate surface area is 123 Å². The summed E-state index contributed by atoms with van der Waals surface area (Å²) in [5.41, 5.74) is -0.0129. The van der Waals surface area contributed by atoms with Crippen LogP contribution in [0.2, 0.25) is 0 Å². The summed E-state index contributed by atoms with van der Waals surface area (Å²) in [6, 6.07) is 5.61. The van der Waals surface area contributed by atoms with Gasteiger partial charge in [0.25, 0.3) is 5.69 Å². The first kappa shape index (κ1) is 15.3. The molecule has 2 atom stereocenters. The van der Waals surface area contributed by atoms with Crippen LogP contribution in [0.3, 0.4) is 0 Å². The smallest absolute Gasteiger partial charge is 0.344 e. The Bertz CT molecular complexity index is 499. The van der Waals surface area contributed by atoms with Crippen molar-refractivity contribution in [1.29, 1.82) is 0 Å². The van der Waals surface area contributed by atoms with Gasteiger partial charge in [0.05, 0.1) is 4.92 Å². The summed E-state index contributed by atoms with van der Waals surface area (Å²) in [7, 11) is 0. The van der Waals surface area contributed by atoms with Gasteiger partial charge in [-0.05, 0) is 37.3 Å². The molecule has 21 heavy (non-hydrogen) atoms. The molecule has 0 spiro atoms. The maximum absolute atomic E-state index is 11.7. The standard InChI is InChI=1S/C15H19NO5/c1-11-3-2-4-14(9-11)21-15(17)10-20-13-7-5-12(6-8-13)16(18)19/h5-8,11,14H,2-4,9-10H2,1H3. The molecule has 1 aliphatic rings. The lowest BCUT2D eigenvalue weighted by molar-refractivity contribution is -0.384. The molecule has 0 heterocycles. The zero-order valence-electron chi connectivity index (χ0n) is 12.0. The van der Waals surface area contributed by atoms with Crippen LogP contribution in [0.25, 0.3) is 0 Å². The molecule has 2 unspecified atom stereocenters. The van der Waals surface area contributed by atoms with E-state index in [1.54, 1.807) is 0 Å². The quantitative estimate of drug-likeness (QED) is 0.473. The average molecular weight is 293 g/mol. The van der Waals surface area contributed by atoms with Gasteiger partial charge < -0.3 is 9.47 Å². The number of rotatable bonds is 5. The largest absolute Gasteiger partial charge is 0.482 e. The number of hydrogen-bond acceptors (Lipinski definition) is 5. The molecule has 2 rings (SSSR count). The Kier molecular flexibility index (Phi) is 5.14. The van der Waals surface area contributed by atoms with Crippen molar-refractivity contribution in [1.82, 2.24) is 0 Å². The van der Waals surface area contributed by atoms with E-state index in [4.69, 9.17) is 9.47 Å². The fraction of sp³-hybridized carbons (Fsp3) is 0.533. The van der Waals surface area contributed by atoms with E-state index in [9.17, 15) is 14.9 Å². The van der Waals surface area contributed by atoms with Gasteiger partial charge in [-0.3, -0.25) is 10.1 Å². The van der Waals surface area contributed by atoms with Crippen molar-refractivity contribution >= 4 is 11.7 Å². The second-order valence-electron chi connectivity index (χ2n) is 5.42. The number of hydrogen-bond donors (Lipinski definition) is 0. The highest BCUT2D eigenvalue weighted by atomic mass is 16.6. The van der Waals surface area contributed by atoms with E-state index >= 15 is 0 Å². The van der Waals surface area contributed by atoms with Crippen molar-refractivity contribution < 1.29 is 19.2 Å². The zero-order valence-corrected chi connectivity index (χ0v) is 12.0.